The first-order valence-electron chi connectivity index (χ1n) is 7.67. The summed E-state index contributed by atoms with van der Waals surface area (Å²) in [5, 5.41) is 3.48. The van der Waals surface area contributed by atoms with Gasteiger partial charge in [0.25, 0.3) is 5.91 Å². The van der Waals surface area contributed by atoms with Crippen molar-refractivity contribution in [3.8, 4) is 17.4 Å². The molecule has 1 heterocycles. The lowest BCUT2D eigenvalue weighted by molar-refractivity contribution is -0.118. The average molecular weight is 389 g/mol. The Balaban J connectivity index is 1.51. The van der Waals surface area contributed by atoms with E-state index in [-0.39, 0.29) is 12.5 Å². The minimum atomic E-state index is -0.308. The summed E-state index contributed by atoms with van der Waals surface area (Å²) >= 11 is 11.8. The fourth-order valence-electron chi connectivity index (χ4n) is 2.05. The van der Waals surface area contributed by atoms with Gasteiger partial charge in [-0.1, -0.05) is 29.3 Å². The lowest BCUT2D eigenvalue weighted by Gasteiger charge is -2.09. The Labute approximate surface area is 160 Å². The maximum atomic E-state index is 11.9. The van der Waals surface area contributed by atoms with Gasteiger partial charge in [-0.3, -0.25) is 4.79 Å². The van der Waals surface area contributed by atoms with Crippen LogP contribution in [0.1, 0.15) is 0 Å². The van der Waals surface area contributed by atoms with Gasteiger partial charge in [0.15, 0.2) is 6.61 Å². The van der Waals surface area contributed by atoms with Crippen molar-refractivity contribution in [2.24, 2.45) is 0 Å². The van der Waals surface area contributed by atoms with Crippen LogP contribution in [0.4, 0.5) is 5.69 Å². The van der Waals surface area contributed by atoms with Crippen LogP contribution in [-0.2, 0) is 4.79 Å². The quantitative estimate of drug-likeness (QED) is 0.630. The molecule has 0 aliphatic carbocycles. The third-order valence-electron chi connectivity index (χ3n) is 3.26. The van der Waals surface area contributed by atoms with Crippen LogP contribution in [0.25, 0.3) is 0 Å². The van der Waals surface area contributed by atoms with Crippen LogP contribution in [0.2, 0.25) is 10.0 Å². The smallest absolute Gasteiger partial charge is 0.262 e. The number of halogens is 2. The Kier molecular flexibility index (Phi) is 5.94. The maximum absolute atomic E-state index is 11.9. The average Bonchev–Trinajstić information content (AvgIpc) is 2.65. The second-order valence-corrected chi connectivity index (χ2v) is 6.02. The minimum Gasteiger partial charge on any atom is -0.484 e. The number of rotatable bonds is 6. The molecule has 5 nitrogen and oxygen atoms in total. The van der Waals surface area contributed by atoms with E-state index in [1.165, 1.54) is 0 Å². The van der Waals surface area contributed by atoms with Gasteiger partial charge in [-0.25, -0.2) is 4.98 Å². The molecule has 0 unspecified atom stereocenters. The first-order valence-corrected chi connectivity index (χ1v) is 8.42. The predicted octanol–water partition coefficient (Wildman–Crippen LogP) is 5.20. The minimum absolute atomic E-state index is 0.138. The van der Waals surface area contributed by atoms with Gasteiger partial charge in [-0.15, -0.1) is 0 Å². The standard InChI is InChI=1S/C19H14Cl2N2O3/c20-16-9-4-13(11-17(16)21)23-18(24)12-25-14-5-7-15(8-6-14)26-19-3-1-2-10-22-19/h1-11H,12H2,(H,23,24). The van der Waals surface area contributed by atoms with Crippen LogP contribution in [0.5, 0.6) is 17.4 Å². The molecule has 1 amide bonds. The molecule has 2 aromatic carbocycles. The fraction of sp³-hybridized carbons (Fsp3) is 0.0526. The molecule has 3 rings (SSSR count). The van der Waals surface area contributed by atoms with Gasteiger partial charge >= 0.3 is 0 Å². The SMILES string of the molecule is O=C(COc1ccc(Oc2ccccn2)cc1)Nc1ccc(Cl)c(Cl)c1. The molecule has 0 radical (unpaired) electrons. The third kappa shape index (κ3) is 5.12. The second-order valence-electron chi connectivity index (χ2n) is 5.21. The summed E-state index contributed by atoms with van der Waals surface area (Å²) in [5.41, 5.74) is 0.548. The molecule has 0 aliphatic heterocycles. The van der Waals surface area contributed by atoms with Crippen molar-refractivity contribution in [3.05, 3.63) is 76.9 Å². The summed E-state index contributed by atoms with van der Waals surface area (Å²) < 4.78 is 11.0. The first kappa shape index (κ1) is 18.0. The number of nitrogens with zero attached hydrogens (tertiary/aromatic N) is 1. The van der Waals surface area contributed by atoms with Gasteiger partial charge in [-0.05, 0) is 48.5 Å². The van der Waals surface area contributed by atoms with Crippen LogP contribution < -0.4 is 14.8 Å². The van der Waals surface area contributed by atoms with E-state index in [0.717, 1.165) is 0 Å². The van der Waals surface area contributed by atoms with Crippen molar-refractivity contribution in [2.75, 3.05) is 11.9 Å². The predicted molar refractivity (Wildman–Crippen MR) is 101 cm³/mol. The maximum Gasteiger partial charge on any atom is 0.262 e. The van der Waals surface area contributed by atoms with E-state index in [9.17, 15) is 4.79 Å². The number of carbonyl (C=O) groups excluding carboxylic acids is 1. The topological polar surface area (TPSA) is 60.5 Å². The highest BCUT2D eigenvalue weighted by molar-refractivity contribution is 6.42. The van der Waals surface area contributed by atoms with Gasteiger partial charge in [0.2, 0.25) is 5.88 Å². The second kappa shape index (κ2) is 8.56. The molecule has 3 aromatic rings. The van der Waals surface area contributed by atoms with Crippen molar-refractivity contribution >= 4 is 34.8 Å². The highest BCUT2D eigenvalue weighted by Gasteiger charge is 2.06. The molecule has 26 heavy (non-hydrogen) atoms. The number of hydrogen-bond donors (Lipinski definition) is 1. The molecule has 1 aromatic heterocycles. The van der Waals surface area contributed by atoms with Gasteiger partial charge in [0.05, 0.1) is 10.0 Å². The lowest BCUT2D eigenvalue weighted by atomic mass is 10.3. The Morgan fingerprint density at radius 2 is 1.73 bits per heavy atom. The number of amides is 1. The van der Waals surface area contributed by atoms with E-state index in [4.69, 9.17) is 32.7 Å². The van der Waals surface area contributed by atoms with Crippen molar-refractivity contribution in [1.82, 2.24) is 4.98 Å². The van der Waals surface area contributed by atoms with Crippen LogP contribution in [0.3, 0.4) is 0 Å². The van der Waals surface area contributed by atoms with E-state index >= 15 is 0 Å². The zero-order valence-electron chi connectivity index (χ0n) is 13.5. The van der Waals surface area contributed by atoms with E-state index < -0.39 is 0 Å². The number of hydrogen-bond acceptors (Lipinski definition) is 4. The molecule has 0 fully saturated rings. The van der Waals surface area contributed by atoms with E-state index in [2.05, 4.69) is 10.3 Å². The number of anilines is 1. The largest absolute Gasteiger partial charge is 0.484 e. The molecule has 132 valence electrons. The number of nitrogens with one attached hydrogen (secondary N) is 1. The van der Waals surface area contributed by atoms with Crippen LogP contribution in [0.15, 0.2) is 66.9 Å². The van der Waals surface area contributed by atoms with Crippen LogP contribution in [0, 0.1) is 0 Å². The number of benzene rings is 2. The number of carbonyl (C=O) groups is 1. The molecular weight excluding hydrogens is 375 g/mol. The van der Waals surface area contributed by atoms with Crippen LogP contribution in [-0.4, -0.2) is 17.5 Å². The monoisotopic (exact) mass is 388 g/mol. The molecule has 0 saturated heterocycles. The van der Waals surface area contributed by atoms with Crippen LogP contribution >= 0.6 is 23.2 Å². The van der Waals surface area contributed by atoms with Gasteiger partial charge in [0.1, 0.15) is 11.5 Å². The molecular formula is C19H14Cl2N2O3. The molecule has 1 N–H and O–H groups in total. The molecule has 7 heteroatoms. The summed E-state index contributed by atoms with van der Waals surface area (Å²) in [4.78, 5) is 16.0. The van der Waals surface area contributed by atoms with Crippen molar-refractivity contribution < 1.29 is 14.3 Å². The van der Waals surface area contributed by atoms with Crippen molar-refractivity contribution in [2.45, 2.75) is 0 Å². The number of ether oxygens (including phenoxy) is 2. The zero-order chi connectivity index (χ0) is 18.4. The zero-order valence-corrected chi connectivity index (χ0v) is 15.0. The van der Waals surface area contributed by atoms with Crippen molar-refractivity contribution in [3.63, 3.8) is 0 Å². The van der Waals surface area contributed by atoms with Gasteiger partial charge in [-0.2, -0.15) is 0 Å². The summed E-state index contributed by atoms with van der Waals surface area (Å²) in [7, 11) is 0. The Hall–Kier alpha value is -2.76. The van der Waals surface area contributed by atoms with E-state index in [1.54, 1.807) is 54.7 Å². The van der Waals surface area contributed by atoms with E-state index in [1.807, 2.05) is 12.1 Å². The summed E-state index contributed by atoms with van der Waals surface area (Å²) in [6.07, 6.45) is 1.65. The Morgan fingerprint density at radius 1 is 0.962 bits per heavy atom. The third-order valence-corrected chi connectivity index (χ3v) is 4.00. The molecule has 0 atom stereocenters. The molecule has 0 saturated carbocycles. The lowest BCUT2D eigenvalue weighted by Crippen LogP contribution is -2.20. The molecule has 0 aliphatic rings. The summed E-state index contributed by atoms with van der Waals surface area (Å²) in [6, 6.07) is 17.2. The van der Waals surface area contributed by atoms with Gasteiger partial charge in [0, 0.05) is 18.0 Å². The number of aromatic nitrogens is 1. The number of pyridine rings is 1. The molecule has 0 spiro atoms. The first-order chi connectivity index (χ1) is 12.6. The molecule has 0 bridgehead atoms. The highest BCUT2D eigenvalue weighted by Crippen LogP contribution is 2.25. The Bertz CT molecular complexity index is 887. The Morgan fingerprint density at radius 3 is 2.42 bits per heavy atom. The van der Waals surface area contributed by atoms with E-state index in [0.29, 0.717) is 33.1 Å². The highest BCUT2D eigenvalue weighted by atomic mass is 35.5. The normalized spacial score (nSPS) is 10.2. The summed E-state index contributed by atoms with van der Waals surface area (Å²) in [5.74, 6) is 1.36. The fourth-order valence-corrected chi connectivity index (χ4v) is 2.35. The van der Waals surface area contributed by atoms with Crippen molar-refractivity contribution in [1.29, 1.82) is 0 Å². The summed E-state index contributed by atoms with van der Waals surface area (Å²) in [6.45, 7) is -0.138. The van der Waals surface area contributed by atoms with Gasteiger partial charge < -0.3 is 14.8 Å².